The average Bonchev–Trinajstić information content (AvgIpc) is 2.69. The second kappa shape index (κ2) is 5.96. The summed E-state index contributed by atoms with van der Waals surface area (Å²) in [5, 5.41) is 3.47. The maximum absolute atomic E-state index is 12.9. The van der Waals surface area contributed by atoms with Gasteiger partial charge in [-0.25, -0.2) is 0 Å². The van der Waals surface area contributed by atoms with Gasteiger partial charge in [0.1, 0.15) is 0 Å². The summed E-state index contributed by atoms with van der Waals surface area (Å²) < 4.78 is 0. The number of amides is 1. The first-order valence-corrected chi connectivity index (χ1v) is 7.91. The van der Waals surface area contributed by atoms with E-state index in [1.165, 1.54) is 18.4 Å². The number of hydrogen-bond acceptors (Lipinski definition) is 2. The molecule has 1 saturated heterocycles. The van der Waals surface area contributed by atoms with Gasteiger partial charge in [0.05, 0.1) is 6.04 Å². The topological polar surface area (TPSA) is 32.3 Å². The van der Waals surface area contributed by atoms with Crippen LogP contribution < -0.4 is 10.2 Å². The minimum atomic E-state index is 0.00454. The Morgan fingerprint density at radius 2 is 2.05 bits per heavy atom. The van der Waals surface area contributed by atoms with Crippen LogP contribution in [0.15, 0.2) is 24.3 Å². The Morgan fingerprint density at radius 1 is 1.20 bits per heavy atom. The van der Waals surface area contributed by atoms with Gasteiger partial charge in [0.25, 0.3) is 0 Å². The molecule has 0 spiro atoms. The third kappa shape index (κ3) is 2.73. The first kappa shape index (κ1) is 13.6. The summed E-state index contributed by atoms with van der Waals surface area (Å²) in [7, 11) is 0. The summed E-state index contributed by atoms with van der Waals surface area (Å²) in [5.41, 5.74) is 2.46. The number of fused-ring (bicyclic) bond motifs is 1. The Balaban J connectivity index is 1.83. The van der Waals surface area contributed by atoms with Gasteiger partial charge in [-0.3, -0.25) is 4.79 Å². The van der Waals surface area contributed by atoms with Gasteiger partial charge in [-0.05, 0) is 57.1 Å². The van der Waals surface area contributed by atoms with Crippen LogP contribution in [0.1, 0.15) is 44.6 Å². The molecule has 2 heterocycles. The summed E-state index contributed by atoms with van der Waals surface area (Å²) in [5.74, 6) is 0.269. The third-order valence-corrected chi connectivity index (χ3v) is 4.54. The number of hydrogen-bond donors (Lipinski definition) is 1. The number of piperidine rings is 1. The van der Waals surface area contributed by atoms with Gasteiger partial charge in [0.2, 0.25) is 5.91 Å². The third-order valence-electron chi connectivity index (χ3n) is 4.54. The molecule has 0 bridgehead atoms. The van der Waals surface area contributed by atoms with Crippen LogP contribution in [0.2, 0.25) is 0 Å². The highest BCUT2D eigenvalue weighted by atomic mass is 16.2. The Bertz CT molecular complexity index is 486. The fourth-order valence-electron chi connectivity index (χ4n) is 3.44. The molecule has 0 saturated carbocycles. The van der Waals surface area contributed by atoms with Gasteiger partial charge in [-0.15, -0.1) is 0 Å². The van der Waals surface area contributed by atoms with Gasteiger partial charge in [0, 0.05) is 18.3 Å². The lowest BCUT2D eigenvalue weighted by Gasteiger charge is -2.33. The number of rotatable bonds is 1. The fraction of sp³-hybridized carbons (Fsp3) is 0.588. The van der Waals surface area contributed by atoms with Crippen molar-refractivity contribution in [1.29, 1.82) is 0 Å². The van der Waals surface area contributed by atoms with Crippen molar-refractivity contribution in [2.45, 2.75) is 57.5 Å². The van der Waals surface area contributed by atoms with E-state index in [-0.39, 0.29) is 11.9 Å². The van der Waals surface area contributed by atoms with Crippen LogP contribution in [0.4, 0.5) is 5.69 Å². The van der Waals surface area contributed by atoms with Crippen molar-refractivity contribution < 1.29 is 4.79 Å². The van der Waals surface area contributed by atoms with E-state index in [1.807, 2.05) is 11.0 Å². The molecule has 2 atom stereocenters. The molecule has 108 valence electrons. The molecule has 2 unspecified atom stereocenters. The van der Waals surface area contributed by atoms with Crippen LogP contribution in [0.5, 0.6) is 0 Å². The Hall–Kier alpha value is -1.35. The summed E-state index contributed by atoms with van der Waals surface area (Å²) in [4.78, 5) is 14.9. The largest absolute Gasteiger partial charge is 0.311 e. The maximum Gasteiger partial charge on any atom is 0.244 e. The molecule has 2 aliphatic heterocycles. The number of carbonyl (C=O) groups excluding carboxylic acids is 1. The lowest BCUT2D eigenvalue weighted by molar-refractivity contribution is -0.121. The molecule has 1 amide bonds. The number of nitrogens with zero attached hydrogens (tertiary/aromatic N) is 1. The molecule has 0 aromatic heterocycles. The predicted octanol–water partition coefficient (Wildman–Crippen LogP) is 2.89. The van der Waals surface area contributed by atoms with Gasteiger partial charge in [0.15, 0.2) is 0 Å². The fourth-order valence-corrected chi connectivity index (χ4v) is 3.44. The van der Waals surface area contributed by atoms with E-state index in [0.717, 1.165) is 37.9 Å². The van der Waals surface area contributed by atoms with Crippen molar-refractivity contribution in [2.75, 3.05) is 11.4 Å². The number of carbonyl (C=O) groups is 1. The maximum atomic E-state index is 12.9. The molecule has 20 heavy (non-hydrogen) atoms. The minimum absolute atomic E-state index is 0.00454. The molecular weight excluding hydrogens is 248 g/mol. The molecular formula is C17H24N2O. The van der Waals surface area contributed by atoms with E-state index in [9.17, 15) is 4.79 Å². The standard InChI is InChI=1S/C17H24N2O/c1-13-7-6-10-15(18-13)17(20)19-12-5-4-9-14-8-2-3-11-16(14)19/h2-3,8,11,13,15,18H,4-7,9-10,12H2,1H3. The van der Waals surface area contributed by atoms with E-state index >= 15 is 0 Å². The van der Waals surface area contributed by atoms with Crippen molar-refractivity contribution in [1.82, 2.24) is 5.32 Å². The highest BCUT2D eigenvalue weighted by Crippen LogP contribution is 2.27. The number of nitrogens with one attached hydrogen (secondary N) is 1. The summed E-state index contributed by atoms with van der Waals surface area (Å²) in [6.07, 6.45) is 6.68. The molecule has 1 fully saturated rings. The summed E-state index contributed by atoms with van der Waals surface area (Å²) in [6, 6.07) is 8.85. The van der Waals surface area contributed by atoms with Crippen LogP contribution >= 0.6 is 0 Å². The quantitative estimate of drug-likeness (QED) is 0.852. The lowest BCUT2D eigenvalue weighted by Crippen LogP contribution is -2.51. The molecule has 1 aromatic rings. The molecule has 3 heteroatoms. The Morgan fingerprint density at radius 3 is 2.90 bits per heavy atom. The normalized spacial score (nSPS) is 26.8. The van der Waals surface area contributed by atoms with E-state index < -0.39 is 0 Å². The molecule has 1 N–H and O–H groups in total. The van der Waals surface area contributed by atoms with Crippen LogP contribution in [0.3, 0.4) is 0 Å². The highest BCUT2D eigenvalue weighted by molar-refractivity contribution is 5.98. The zero-order valence-electron chi connectivity index (χ0n) is 12.3. The molecule has 3 nitrogen and oxygen atoms in total. The van der Waals surface area contributed by atoms with Crippen molar-refractivity contribution in [3.63, 3.8) is 0 Å². The SMILES string of the molecule is CC1CCCC(C(=O)N2CCCCc3ccccc32)N1. The van der Waals surface area contributed by atoms with Gasteiger partial charge < -0.3 is 10.2 Å². The van der Waals surface area contributed by atoms with E-state index in [2.05, 4.69) is 30.4 Å². The van der Waals surface area contributed by atoms with Gasteiger partial charge >= 0.3 is 0 Å². The highest BCUT2D eigenvalue weighted by Gasteiger charge is 2.30. The first-order valence-electron chi connectivity index (χ1n) is 7.91. The smallest absolute Gasteiger partial charge is 0.244 e. The number of para-hydroxylation sites is 1. The zero-order valence-corrected chi connectivity index (χ0v) is 12.3. The summed E-state index contributed by atoms with van der Waals surface area (Å²) >= 11 is 0. The van der Waals surface area contributed by atoms with Crippen molar-refractivity contribution >= 4 is 11.6 Å². The lowest BCUT2D eigenvalue weighted by atomic mass is 9.98. The second-order valence-corrected chi connectivity index (χ2v) is 6.13. The van der Waals surface area contributed by atoms with E-state index in [1.54, 1.807) is 0 Å². The first-order chi connectivity index (χ1) is 9.75. The van der Waals surface area contributed by atoms with E-state index in [4.69, 9.17) is 0 Å². The Kier molecular flexibility index (Phi) is 4.06. The zero-order chi connectivity index (χ0) is 13.9. The van der Waals surface area contributed by atoms with Crippen molar-refractivity contribution in [3.05, 3.63) is 29.8 Å². The van der Waals surface area contributed by atoms with Gasteiger partial charge in [-0.1, -0.05) is 18.2 Å². The Labute approximate surface area is 121 Å². The van der Waals surface area contributed by atoms with Crippen LogP contribution in [-0.4, -0.2) is 24.5 Å². The van der Waals surface area contributed by atoms with Crippen molar-refractivity contribution in [3.8, 4) is 0 Å². The van der Waals surface area contributed by atoms with Gasteiger partial charge in [-0.2, -0.15) is 0 Å². The van der Waals surface area contributed by atoms with Crippen molar-refractivity contribution in [2.24, 2.45) is 0 Å². The van der Waals surface area contributed by atoms with E-state index in [0.29, 0.717) is 6.04 Å². The molecule has 3 rings (SSSR count). The van der Waals surface area contributed by atoms with Crippen LogP contribution in [0.25, 0.3) is 0 Å². The average molecular weight is 272 g/mol. The molecule has 0 radical (unpaired) electrons. The number of anilines is 1. The van der Waals surface area contributed by atoms with Crippen LogP contribution in [0, 0.1) is 0 Å². The molecule has 0 aliphatic carbocycles. The number of aryl methyl sites for hydroxylation is 1. The number of benzene rings is 1. The monoisotopic (exact) mass is 272 g/mol. The van der Waals surface area contributed by atoms with Crippen LogP contribution in [-0.2, 0) is 11.2 Å². The molecule has 2 aliphatic rings. The second-order valence-electron chi connectivity index (χ2n) is 6.13. The summed E-state index contributed by atoms with van der Waals surface area (Å²) in [6.45, 7) is 3.04. The minimum Gasteiger partial charge on any atom is -0.311 e. The predicted molar refractivity (Wildman–Crippen MR) is 82.0 cm³/mol. The molecule has 1 aromatic carbocycles.